The van der Waals surface area contributed by atoms with Crippen LogP contribution >= 0.6 is 0 Å². The zero-order valence-electron chi connectivity index (χ0n) is 16.0. The monoisotopic (exact) mass is 372 g/mol. The van der Waals surface area contributed by atoms with Crippen molar-refractivity contribution in [2.24, 2.45) is 0 Å². The van der Waals surface area contributed by atoms with E-state index in [1.54, 1.807) is 0 Å². The van der Waals surface area contributed by atoms with Crippen molar-refractivity contribution in [3.05, 3.63) is 84.9 Å². The number of nitrogens with one attached hydrogen (secondary N) is 2. The maximum atomic E-state index is 12.7. The fourth-order valence-corrected chi connectivity index (χ4v) is 3.78. The van der Waals surface area contributed by atoms with E-state index in [0.717, 1.165) is 43.0 Å². The number of para-hydroxylation sites is 2. The van der Waals surface area contributed by atoms with E-state index in [-0.39, 0.29) is 5.91 Å². The van der Waals surface area contributed by atoms with E-state index in [1.165, 1.54) is 10.6 Å². The van der Waals surface area contributed by atoms with Crippen LogP contribution in [0.1, 0.15) is 0 Å². The Balaban J connectivity index is 1.35. The van der Waals surface area contributed by atoms with Gasteiger partial charge in [-0.2, -0.15) is 0 Å². The van der Waals surface area contributed by atoms with Crippen LogP contribution in [-0.2, 0) is 4.79 Å². The lowest BCUT2D eigenvalue weighted by Gasteiger charge is -2.33. The molecule has 4 nitrogen and oxygen atoms in total. The van der Waals surface area contributed by atoms with Crippen molar-refractivity contribution in [1.29, 1.82) is 0 Å². The average molecular weight is 372 g/mol. The van der Waals surface area contributed by atoms with Gasteiger partial charge in [0.15, 0.2) is 6.54 Å². The van der Waals surface area contributed by atoms with Crippen LogP contribution < -0.4 is 15.1 Å². The lowest BCUT2D eigenvalue weighted by atomic mass is 10.0. The van der Waals surface area contributed by atoms with E-state index in [2.05, 4.69) is 52.7 Å². The Morgan fingerprint density at radius 1 is 0.821 bits per heavy atom. The van der Waals surface area contributed by atoms with E-state index in [9.17, 15) is 4.79 Å². The highest BCUT2D eigenvalue weighted by atomic mass is 16.2. The number of piperazine rings is 1. The number of quaternary nitrogens is 1. The molecule has 0 saturated carbocycles. The molecule has 0 bridgehead atoms. The third-order valence-electron chi connectivity index (χ3n) is 5.29. The quantitative estimate of drug-likeness (QED) is 0.723. The van der Waals surface area contributed by atoms with Gasteiger partial charge in [0.1, 0.15) is 0 Å². The molecular weight excluding hydrogens is 346 g/mol. The molecule has 142 valence electrons. The number of hydrogen-bond donors (Lipinski definition) is 2. The zero-order chi connectivity index (χ0) is 19.2. The molecule has 1 aliphatic rings. The van der Waals surface area contributed by atoms with Crippen molar-refractivity contribution in [3.63, 3.8) is 0 Å². The molecule has 1 amide bonds. The van der Waals surface area contributed by atoms with Gasteiger partial charge in [-0.1, -0.05) is 66.7 Å². The summed E-state index contributed by atoms with van der Waals surface area (Å²) in [5, 5.41) is 3.13. The third kappa shape index (κ3) is 4.41. The summed E-state index contributed by atoms with van der Waals surface area (Å²) in [6.07, 6.45) is 0. The first-order valence-corrected chi connectivity index (χ1v) is 9.87. The second-order valence-electron chi connectivity index (χ2n) is 7.21. The second kappa shape index (κ2) is 8.72. The molecule has 4 heteroatoms. The molecular formula is C24H26N3O+. The van der Waals surface area contributed by atoms with Crippen LogP contribution in [0.15, 0.2) is 84.9 Å². The maximum absolute atomic E-state index is 12.7. The summed E-state index contributed by atoms with van der Waals surface area (Å²) in [6, 6.07) is 28.7. The number of benzene rings is 3. The molecule has 0 radical (unpaired) electrons. The molecule has 1 fully saturated rings. The average Bonchev–Trinajstić information content (AvgIpc) is 2.76. The minimum absolute atomic E-state index is 0.0755. The molecule has 2 N–H and O–H groups in total. The number of carbonyl (C=O) groups excluding carboxylic acids is 1. The summed E-state index contributed by atoms with van der Waals surface area (Å²) >= 11 is 0. The SMILES string of the molecule is O=C(C[NH+]1CCN(c2ccccc2)CC1)Nc1ccccc1-c1ccccc1. The van der Waals surface area contributed by atoms with Gasteiger partial charge in [-0.05, 0) is 23.8 Å². The number of rotatable bonds is 5. The van der Waals surface area contributed by atoms with E-state index >= 15 is 0 Å². The first-order chi connectivity index (χ1) is 13.8. The molecule has 0 atom stereocenters. The number of amides is 1. The molecule has 28 heavy (non-hydrogen) atoms. The molecule has 0 spiro atoms. The Morgan fingerprint density at radius 2 is 1.43 bits per heavy atom. The molecule has 4 rings (SSSR count). The topological polar surface area (TPSA) is 36.8 Å². The van der Waals surface area contributed by atoms with E-state index in [1.807, 2.05) is 42.5 Å². The maximum Gasteiger partial charge on any atom is 0.279 e. The highest BCUT2D eigenvalue weighted by Gasteiger charge is 2.22. The summed E-state index contributed by atoms with van der Waals surface area (Å²) in [6.45, 7) is 4.41. The Labute approximate surface area is 166 Å². The lowest BCUT2D eigenvalue weighted by molar-refractivity contribution is -0.892. The molecule has 3 aromatic carbocycles. The minimum Gasteiger partial charge on any atom is -0.360 e. The highest BCUT2D eigenvalue weighted by molar-refractivity contribution is 5.96. The number of hydrogen-bond acceptors (Lipinski definition) is 2. The normalized spacial score (nSPS) is 14.6. The Morgan fingerprint density at radius 3 is 2.14 bits per heavy atom. The van der Waals surface area contributed by atoms with Crippen molar-refractivity contribution >= 4 is 17.3 Å². The van der Waals surface area contributed by atoms with Crippen LogP contribution in [0, 0.1) is 0 Å². The van der Waals surface area contributed by atoms with Crippen LogP contribution in [0.4, 0.5) is 11.4 Å². The fraction of sp³-hybridized carbons (Fsp3) is 0.208. The highest BCUT2D eigenvalue weighted by Crippen LogP contribution is 2.27. The van der Waals surface area contributed by atoms with Crippen LogP contribution in [0.2, 0.25) is 0 Å². The number of carbonyl (C=O) groups is 1. The van der Waals surface area contributed by atoms with E-state index < -0.39 is 0 Å². The van der Waals surface area contributed by atoms with Crippen molar-refractivity contribution in [2.75, 3.05) is 42.9 Å². The molecule has 1 saturated heterocycles. The van der Waals surface area contributed by atoms with Gasteiger partial charge in [-0.25, -0.2) is 0 Å². The summed E-state index contributed by atoms with van der Waals surface area (Å²) in [7, 11) is 0. The van der Waals surface area contributed by atoms with Gasteiger partial charge in [0, 0.05) is 16.9 Å². The van der Waals surface area contributed by atoms with Crippen molar-refractivity contribution in [3.8, 4) is 11.1 Å². The van der Waals surface area contributed by atoms with Gasteiger partial charge in [0.2, 0.25) is 0 Å². The molecule has 0 aliphatic carbocycles. The summed E-state index contributed by atoms with van der Waals surface area (Å²) in [4.78, 5) is 16.4. The van der Waals surface area contributed by atoms with Crippen LogP contribution in [-0.4, -0.2) is 38.6 Å². The summed E-state index contributed by atoms with van der Waals surface area (Å²) < 4.78 is 0. The van der Waals surface area contributed by atoms with Gasteiger partial charge in [-0.3, -0.25) is 4.79 Å². The molecule has 1 aliphatic heterocycles. The van der Waals surface area contributed by atoms with Crippen LogP contribution in [0.3, 0.4) is 0 Å². The van der Waals surface area contributed by atoms with Gasteiger partial charge in [-0.15, -0.1) is 0 Å². The zero-order valence-corrected chi connectivity index (χ0v) is 16.0. The third-order valence-corrected chi connectivity index (χ3v) is 5.29. The van der Waals surface area contributed by atoms with E-state index in [4.69, 9.17) is 0 Å². The molecule has 3 aromatic rings. The first-order valence-electron chi connectivity index (χ1n) is 9.87. The Hall–Kier alpha value is -3.11. The van der Waals surface area contributed by atoms with E-state index in [0.29, 0.717) is 6.54 Å². The predicted octanol–water partition coefficient (Wildman–Crippen LogP) is 2.70. The molecule has 0 unspecified atom stereocenters. The fourth-order valence-electron chi connectivity index (χ4n) is 3.78. The van der Waals surface area contributed by atoms with Gasteiger partial charge in [0.25, 0.3) is 5.91 Å². The number of anilines is 2. The van der Waals surface area contributed by atoms with Gasteiger partial charge >= 0.3 is 0 Å². The smallest absolute Gasteiger partial charge is 0.279 e. The van der Waals surface area contributed by atoms with Gasteiger partial charge < -0.3 is 15.1 Å². The number of nitrogens with zero attached hydrogens (tertiary/aromatic N) is 1. The molecule has 0 aromatic heterocycles. The Bertz CT molecular complexity index is 903. The largest absolute Gasteiger partial charge is 0.360 e. The van der Waals surface area contributed by atoms with Crippen molar-refractivity contribution in [1.82, 2.24) is 0 Å². The standard InChI is InChI=1S/C24H25N3O/c28-24(19-26-15-17-27(18-16-26)21-11-5-2-6-12-21)25-23-14-8-7-13-22(23)20-9-3-1-4-10-20/h1-14H,15-19H2,(H,25,28)/p+1. The Kier molecular flexibility index (Phi) is 5.69. The lowest BCUT2D eigenvalue weighted by Crippen LogP contribution is -3.15. The van der Waals surface area contributed by atoms with Crippen LogP contribution in [0.5, 0.6) is 0 Å². The minimum atomic E-state index is 0.0755. The van der Waals surface area contributed by atoms with Crippen LogP contribution in [0.25, 0.3) is 11.1 Å². The predicted molar refractivity (Wildman–Crippen MR) is 115 cm³/mol. The van der Waals surface area contributed by atoms with Crippen molar-refractivity contribution < 1.29 is 9.69 Å². The summed E-state index contributed by atoms with van der Waals surface area (Å²) in [5.41, 5.74) is 4.31. The summed E-state index contributed by atoms with van der Waals surface area (Å²) in [5.74, 6) is 0.0755. The second-order valence-corrected chi connectivity index (χ2v) is 7.21. The van der Waals surface area contributed by atoms with Crippen molar-refractivity contribution in [2.45, 2.75) is 0 Å². The first kappa shape index (κ1) is 18.3. The molecule has 1 heterocycles. The van der Waals surface area contributed by atoms with Gasteiger partial charge in [0.05, 0.1) is 26.2 Å².